The molecular weight excluding hydrogens is 480 g/mol. The number of thiol groups is 1. The third-order valence-electron chi connectivity index (χ3n) is 6.10. The van der Waals surface area contributed by atoms with E-state index in [-0.39, 0.29) is 5.25 Å². The van der Waals surface area contributed by atoms with E-state index < -0.39 is 0 Å². The summed E-state index contributed by atoms with van der Waals surface area (Å²) in [7, 11) is 0. The highest BCUT2D eigenvalue weighted by atomic mass is 32.1. The molecule has 0 saturated carbocycles. The van der Waals surface area contributed by atoms with Crippen molar-refractivity contribution in [3.8, 4) is 28.7 Å². The molecule has 0 spiro atoms. The highest BCUT2D eigenvalue weighted by Gasteiger charge is 2.19. The zero-order chi connectivity index (χ0) is 25.2. The summed E-state index contributed by atoms with van der Waals surface area (Å²) < 4.78 is 12.0. The second kappa shape index (κ2) is 9.76. The van der Waals surface area contributed by atoms with Crippen LogP contribution in [-0.2, 0) is 6.42 Å². The predicted molar refractivity (Wildman–Crippen MR) is 144 cm³/mol. The average molecular weight is 501 g/mol. The molecule has 0 radical (unpaired) electrons. The Morgan fingerprint density at radius 3 is 2.41 bits per heavy atom. The molecule has 0 fully saturated rings. The van der Waals surface area contributed by atoms with Gasteiger partial charge in [0.25, 0.3) is 0 Å². The van der Waals surface area contributed by atoms with Crippen LogP contribution in [0.3, 0.4) is 0 Å². The Morgan fingerprint density at radius 2 is 1.59 bits per heavy atom. The number of rotatable bonds is 6. The largest absolute Gasteiger partial charge is 0.440 e. The van der Waals surface area contributed by atoms with Gasteiger partial charge in [0.2, 0.25) is 11.8 Å². The van der Waals surface area contributed by atoms with Crippen LogP contribution in [0.5, 0.6) is 0 Å². The maximum atomic E-state index is 9.15. The van der Waals surface area contributed by atoms with Crippen LogP contribution in [0.2, 0.25) is 0 Å². The predicted octanol–water partition coefficient (Wildman–Crippen LogP) is 7.03. The SMILES string of the molecule is N#Cc1cccc(-c2ccc(C(S)c3nnc(-c4ccc5nc(Cc6ccccc6)oc5c4)o3)cc2)c1. The summed E-state index contributed by atoms with van der Waals surface area (Å²) in [4.78, 5) is 4.59. The Hall–Kier alpha value is -4.67. The van der Waals surface area contributed by atoms with Gasteiger partial charge in [-0.2, -0.15) is 17.9 Å². The molecule has 0 saturated heterocycles. The summed E-state index contributed by atoms with van der Waals surface area (Å²) >= 11 is 4.73. The third-order valence-corrected chi connectivity index (χ3v) is 6.62. The van der Waals surface area contributed by atoms with E-state index in [1.54, 1.807) is 6.07 Å². The van der Waals surface area contributed by atoms with E-state index in [2.05, 4.69) is 21.3 Å². The van der Waals surface area contributed by atoms with Crippen molar-refractivity contribution in [3.05, 3.63) is 126 Å². The number of oxazole rings is 1. The Morgan fingerprint density at radius 1 is 0.784 bits per heavy atom. The monoisotopic (exact) mass is 500 g/mol. The van der Waals surface area contributed by atoms with Crippen molar-refractivity contribution < 1.29 is 8.83 Å². The smallest absolute Gasteiger partial charge is 0.247 e. The maximum Gasteiger partial charge on any atom is 0.247 e. The normalized spacial score (nSPS) is 11.9. The van der Waals surface area contributed by atoms with Crippen LogP contribution in [0.4, 0.5) is 0 Å². The molecule has 6 nitrogen and oxygen atoms in total. The van der Waals surface area contributed by atoms with Crippen molar-refractivity contribution in [1.82, 2.24) is 15.2 Å². The van der Waals surface area contributed by atoms with Gasteiger partial charge in [-0.25, -0.2) is 4.98 Å². The van der Waals surface area contributed by atoms with Gasteiger partial charge in [-0.15, -0.1) is 10.2 Å². The van der Waals surface area contributed by atoms with E-state index >= 15 is 0 Å². The van der Waals surface area contributed by atoms with Gasteiger partial charge >= 0.3 is 0 Å². The zero-order valence-corrected chi connectivity index (χ0v) is 20.5. The summed E-state index contributed by atoms with van der Waals surface area (Å²) in [5.74, 6) is 1.45. The molecule has 0 aliphatic carbocycles. The first kappa shape index (κ1) is 22.8. The third kappa shape index (κ3) is 4.75. The molecule has 178 valence electrons. The maximum absolute atomic E-state index is 9.15. The molecule has 0 bridgehead atoms. The lowest BCUT2D eigenvalue weighted by atomic mass is 10.0. The highest BCUT2D eigenvalue weighted by molar-refractivity contribution is 7.80. The van der Waals surface area contributed by atoms with E-state index in [4.69, 9.17) is 26.7 Å². The average Bonchev–Trinajstić information content (AvgIpc) is 3.60. The van der Waals surface area contributed by atoms with Gasteiger partial charge < -0.3 is 8.83 Å². The molecule has 6 aromatic rings. The molecule has 1 unspecified atom stereocenters. The Bertz CT molecular complexity index is 1730. The van der Waals surface area contributed by atoms with Crippen molar-refractivity contribution in [3.63, 3.8) is 0 Å². The number of benzene rings is 4. The second-order valence-corrected chi connectivity index (χ2v) is 9.13. The molecule has 7 heteroatoms. The van der Waals surface area contributed by atoms with Crippen LogP contribution in [0.15, 0.2) is 106 Å². The van der Waals surface area contributed by atoms with Gasteiger partial charge in [-0.3, -0.25) is 0 Å². The summed E-state index contributed by atoms with van der Waals surface area (Å²) in [5.41, 5.74) is 6.89. The van der Waals surface area contributed by atoms with Crippen LogP contribution in [-0.4, -0.2) is 15.2 Å². The Labute approximate surface area is 218 Å². The second-order valence-electron chi connectivity index (χ2n) is 8.62. The molecule has 0 aliphatic heterocycles. The van der Waals surface area contributed by atoms with Crippen LogP contribution >= 0.6 is 12.6 Å². The molecule has 37 heavy (non-hydrogen) atoms. The summed E-state index contributed by atoms with van der Waals surface area (Å²) in [6, 6.07) is 33.4. The van der Waals surface area contributed by atoms with Crippen molar-refractivity contribution in [2.75, 3.05) is 0 Å². The number of fused-ring (bicyclic) bond motifs is 1. The van der Waals surface area contributed by atoms with Crippen molar-refractivity contribution in [2.24, 2.45) is 0 Å². The van der Waals surface area contributed by atoms with Crippen molar-refractivity contribution in [1.29, 1.82) is 5.26 Å². The van der Waals surface area contributed by atoms with Crippen LogP contribution in [0.25, 0.3) is 33.7 Å². The molecule has 2 heterocycles. The molecule has 1 atom stereocenters. The molecule has 2 aromatic heterocycles. The van der Waals surface area contributed by atoms with Crippen LogP contribution < -0.4 is 0 Å². The fourth-order valence-corrected chi connectivity index (χ4v) is 4.46. The summed E-state index contributed by atoms with van der Waals surface area (Å²) in [6.45, 7) is 0. The van der Waals surface area contributed by atoms with Crippen LogP contribution in [0.1, 0.15) is 33.7 Å². The first-order valence-corrected chi connectivity index (χ1v) is 12.2. The van der Waals surface area contributed by atoms with Crippen molar-refractivity contribution in [2.45, 2.75) is 11.7 Å². The lowest BCUT2D eigenvalue weighted by molar-refractivity contribution is 0.515. The Balaban J connectivity index is 1.21. The molecular formula is C30H20N4O2S. The Kier molecular flexibility index (Phi) is 6.01. The molecule has 6 rings (SSSR count). The number of aromatic nitrogens is 3. The number of hydrogen-bond acceptors (Lipinski definition) is 7. The van der Waals surface area contributed by atoms with Gasteiger partial charge in [0.15, 0.2) is 11.5 Å². The van der Waals surface area contributed by atoms with Gasteiger partial charge in [0.1, 0.15) is 10.8 Å². The summed E-state index contributed by atoms with van der Waals surface area (Å²) in [6.07, 6.45) is 0.624. The minimum Gasteiger partial charge on any atom is -0.440 e. The summed E-state index contributed by atoms with van der Waals surface area (Å²) in [5, 5.41) is 17.2. The minimum atomic E-state index is -0.382. The van der Waals surface area contributed by atoms with Crippen LogP contribution in [0, 0.1) is 11.3 Å². The lowest BCUT2D eigenvalue weighted by Gasteiger charge is -2.08. The zero-order valence-electron chi connectivity index (χ0n) is 19.6. The fraction of sp³-hybridized carbons (Fsp3) is 0.0667. The van der Waals surface area contributed by atoms with Crippen molar-refractivity contribution >= 4 is 23.7 Å². The topological polar surface area (TPSA) is 88.7 Å². The fourth-order valence-electron chi connectivity index (χ4n) is 4.18. The highest BCUT2D eigenvalue weighted by Crippen LogP contribution is 2.32. The molecule has 0 amide bonds. The van der Waals surface area contributed by atoms with E-state index in [0.29, 0.717) is 35.2 Å². The quantitative estimate of drug-likeness (QED) is 0.247. The van der Waals surface area contributed by atoms with Gasteiger partial charge in [0, 0.05) is 12.0 Å². The van der Waals surface area contributed by atoms with E-state index in [1.807, 2.05) is 91.0 Å². The molecule has 0 aliphatic rings. The first-order chi connectivity index (χ1) is 18.2. The standard InChI is InChI=1S/C30H20N4O2S/c31-18-20-7-4-8-23(15-20)21-9-11-22(12-10-21)28(37)30-34-33-29(36-30)24-13-14-25-26(17-24)35-27(32-25)16-19-5-2-1-3-6-19/h1-15,17,28,37H,16H2. The van der Waals surface area contributed by atoms with E-state index in [1.165, 1.54) is 0 Å². The lowest BCUT2D eigenvalue weighted by Crippen LogP contribution is -1.94. The van der Waals surface area contributed by atoms with Gasteiger partial charge in [-0.05, 0) is 52.6 Å². The van der Waals surface area contributed by atoms with E-state index in [0.717, 1.165) is 33.3 Å². The molecule has 4 aromatic carbocycles. The number of nitrogens with zero attached hydrogens (tertiary/aromatic N) is 4. The first-order valence-electron chi connectivity index (χ1n) is 11.7. The minimum absolute atomic E-state index is 0.382. The number of nitriles is 1. The van der Waals surface area contributed by atoms with Gasteiger partial charge in [-0.1, -0.05) is 66.7 Å². The van der Waals surface area contributed by atoms with E-state index in [9.17, 15) is 0 Å². The van der Waals surface area contributed by atoms with Gasteiger partial charge in [0.05, 0.1) is 11.6 Å². The molecule has 0 N–H and O–H groups in total. The number of hydrogen-bond donors (Lipinski definition) is 1.